The van der Waals surface area contributed by atoms with E-state index in [2.05, 4.69) is 46.5 Å². The van der Waals surface area contributed by atoms with Gasteiger partial charge in [0.05, 0.1) is 75.8 Å². The number of aromatic nitrogens is 5. The van der Waals surface area contributed by atoms with Crippen LogP contribution in [-0.2, 0) is 41.6 Å². The monoisotopic (exact) mass is 824 g/mol. The molecular weight excluding hydrogens is 772 g/mol. The highest BCUT2D eigenvalue weighted by molar-refractivity contribution is 6.17. The van der Waals surface area contributed by atoms with Crippen molar-refractivity contribution < 1.29 is 33.3 Å². The number of hydrogen-bond acceptors (Lipinski definition) is 15. The van der Waals surface area contributed by atoms with Gasteiger partial charge in [0.15, 0.2) is 0 Å². The number of rotatable bonds is 29. The third-order valence-electron chi connectivity index (χ3n) is 8.24. The second-order valence-corrected chi connectivity index (χ2v) is 13.2. The van der Waals surface area contributed by atoms with Gasteiger partial charge in [-0.25, -0.2) is 9.67 Å². The Kier molecular flexibility index (Phi) is 20.8. The molecule has 0 bridgehead atoms. The third-order valence-corrected chi connectivity index (χ3v) is 8.51. The molecule has 0 fully saturated rings. The van der Waals surface area contributed by atoms with Gasteiger partial charge in [-0.1, -0.05) is 18.1 Å². The number of anilines is 2. The second kappa shape index (κ2) is 26.6. The number of ether oxygens (including phenoxy) is 4. The summed E-state index contributed by atoms with van der Waals surface area (Å²) < 4.78 is 23.5. The largest absolute Gasteiger partial charge is 0.383 e. The SMILES string of the molecule is Nc1nc(N)c2cc(N=Nc3ccc(C(=O)NCCCC(=O)NCc4cn(CCOCCOCC(=O)NCCOCCOCCCCCCCl)nn4)cc3)ccc2n1. The molecule has 314 valence electrons. The van der Waals surface area contributed by atoms with Crippen molar-refractivity contribution in [1.82, 2.24) is 40.9 Å². The van der Waals surface area contributed by atoms with E-state index in [0.717, 1.165) is 32.3 Å². The van der Waals surface area contributed by atoms with Gasteiger partial charge in [0, 0.05) is 42.9 Å². The fourth-order valence-electron chi connectivity index (χ4n) is 5.21. The number of halogens is 1. The number of benzene rings is 2. The lowest BCUT2D eigenvalue weighted by atomic mass is 10.2. The Labute approximate surface area is 342 Å². The number of nitrogens with two attached hydrogens (primary N) is 2. The zero-order chi connectivity index (χ0) is 41.2. The van der Waals surface area contributed by atoms with Crippen molar-refractivity contribution in [2.45, 2.75) is 51.6 Å². The van der Waals surface area contributed by atoms with Gasteiger partial charge in [-0.3, -0.25) is 14.4 Å². The Bertz CT molecular complexity index is 1880. The number of azo groups is 1. The Morgan fingerprint density at radius 2 is 1.45 bits per heavy atom. The third kappa shape index (κ3) is 17.9. The minimum Gasteiger partial charge on any atom is -0.383 e. The highest BCUT2D eigenvalue weighted by Crippen LogP contribution is 2.26. The van der Waals surface area contributed by atoms with E-state index in [-0.39, 0.29) is 55.7 Å². The number of nitrogens with zero attached hydrogens (tertiary/aromatic N) is 7. The summed E-state index contributed by atoms with van der Waals surface area (Å²) in [6.07, 6.45) is 6.73. The number of nitrogen functional groups attached to an aromatic ring is 2. The van der Waals surface area contributed by atoms with E-state index >= 15 is 0 Å². The molecular formula is C38H53ClN12O7. The maximum absolute atomic E-state index is 12.6. The molecule has 4 aromatic rings. The molecule has 0 aliphatic heterocycles. The van der Waals surface area contributed by atoms with Crippen LogP contribution in [0.4, 0.5) is 23.1 Å². The fraction of sp³-hybridized carbons (Fsp3) is 0.500. The number of unbranched alkanes of at least 4 members (excludes halogenated alkanes) is 3. The van der Waals surface area contributed by atoms with Crippen molar-refractivity contribution in [2.24, 2.45) is 10.2 Å². The lowest BCUT2D eigenvalue weighted by molar-refractivity contribution is -0.126. The molecule has 3 amide bonds. The van der Waals surface area contributed by atoms with E-state index in [4.69, 9.17) is 42.0 Å². The van der Waals surface area contributed by atoms with Gasteiger partial charge in [0.25, 0.3) is 5.91 Å². The Hall–Kier alpha value is -5.34. The van der Waals surface area contributed by atoms with Crippen LogP contribution in [0.1, 0.15) is 54.6 Å². The van der Waals surface area contributed by atoms with Gasteiger partial charge < -0.3 is 46.4 Å². The minimum absolute atomic E-state index is 0.0621. The highest BCUT2D eigenvalue weighted by atomic mass is 35.5. The molecule has 0 radical (unpaired) electrons. The van der Waals surface area contributed by atoms with Crippen LogP contribution in [0.25, 0.3) is 10.9 Å². The van der Waals surface area contributed by atoms with Crippen LogP contribution >= 0.6 is 11.6 Å². The molecule has 0 saturated carbocycles. The summed E-state index contributed by atoms with van der Waals surface area (Å²) in [5.74, 6) is 0.407. The quantitative estimate of drug-likeness (QED) is 0.0298. The summed E-state index contributed by atoms with van der Waals surface area (Å²) in [5, 5.41) is 25.6. The molecule has 58 heavy (non-hydrogen) atoms. The van der Waals surface area contributed by atoms with Crippen molar-refractivity contribution in [3.05, 3.63) is 59.9 Å². The molecule has 2 aromatic heterocycles. The number of fused-ring (bicyclic) bond motifs is 1. The van der Waals surface area contributed by atoms with Crippen molar-refractivity contribution in [3.8, 4) is 0 Å². The maximum atomic E-state index is 12.6. The molecule has 0 aliphatic rings. The number of nitrogens with one attached hydrogen (secondary N) is 3. The van der Waals surface area contributed by atoms with Crippen molar-refractivity contribution >= 4 is 63.4 Å². The van der Waals surface area contributed by atoms with Gasteiger partial charge in [0.1, 0.15) is 18.1 Å². The Morgan fingerprint density at radius 3 is 2.26 bits per heavy atom. The lowest BCUT2D eigenvalue weighted by Crippen LogP contribution is -2.31. The minimum atomic E-state index is -0.264. The van der Waals surface area contributed by atoms with E-state index in [0.29, 0.717) is 98.5 Å². The molecule has 4 rings (SSSR count). The van der Waals surface area contributed by atoms with Gasteiger partial charge >= 0.3 is 0 Å². The number of amides is 3. The van der Waals surface area contributed by atoms with Gasteiger partial charge in [-0.05, 0) is 61.7 Å². The van der Waals surface area contributed by atoms with Crippen LogP contribution in [0.5, 0.6) is 0 Å². The topological polar surface area (TPSA) is 257 Å². The number of hydrogen-bond donors (Lipinski definition) is 5. The van der Waals surface area contributed by atoms with E-state index in [1.54, 1.807) is 53.3 Å². The molecule has 0 atom stereocenters. The molecule has 19 nitrogen and oxygen atoms in total. The molecule has 0 unspecified atom stereocenters. The van der Waals surface area contributed by atoms with Crippen LogP contribution in [0, 0.1) is 0 Å². The summed E-state index contributed by atoms with van der Waals surface area (Å²) in [7, 11) is 0. The van der Waals surface area contributed by atoms with E-state index in [1.165, 1.54) is 0 Å². The molecule has 20 heteroatoms. The van der Waals surface area contributed by atoms with Crippen molar-refractivity contribution in [2.75, 3.05) is 83.3 Å². The number of alkyl halides is 1. The zero-order valence-corrected chi connectivity index (χ0v) is 33.3. The van der Waals surface area contributed by atoms with Crippen LogP contribution in [0.2, 0.25) is 0 Å². The van der Waals surface area contributed by atoms with Crippen LogP contribution in [0.3, 0.4) is 0 Å². The van der Waals surface area contributed by atoms with E-state index in [9.17, 15) is 14.4 Å². The maximum Gasteiger partial charge on any atom is 0.251 e. The predicted octanol–water partition coefficient (Wildman–Crippen LogP) is 3.61. The first-order valence-electron chi connectivity index (χ1n) is 19.2. The number of carbonyl (C=O) groups is 3. The summed E-state index contributed by atoms with van der Waals surface area (Å²) in [6, 6.07) is 11.9. The standard InChI is InChI=1S/C38H53ClN12O7/c39-13-3-1-2-4-17-55-20-21-56-18-15-42-35(53)27-58-23-22-57-19-16-51-26-31(49-50-51)25-44-34(52)6-5-14-43-37(54)28-7-9-29(10-8-28)47-48-30-11-12-33-32(24-30)36(40)46-38(41)45-33/h7-12,24,26H,1-6,13-23,25,27H2,(H,42,53)(H,43,54)(H,44,52)(H4,40,41,45,46). The number of carbonyl (C=O) groups excluding carboxylic acids is 3. The molecule has 0 saturated heterocycles. The van der Waals surface area contributed by atoms with E-state index < -0.39 is 0 Å². The average molecular weight is 825 g/mol. The predicted molar refractivity (Wildman–Crippen MR) is 218 cm³/mol. The fourth-order valence-corrected chi connectivity index (χ4v) is 5.39. The lowest BCUT2D eigenvalue weighted by Gasteiger charge is -2.08. The average Bonchev–Trinajstić information content (AvgIpc) is 3.68. The molecule has 0 aliphatic carbocycles. The molecule has 2 heterocycles. The normalized spacial score (nSPS) is 11.3. The first-order chi connectivity index (χ1) is 28.3. The van der Waals surface area contributed by atoms with Gasteiger partial charge in [-0.15, -0.1) is 16.7 Å². The zero-order valence-electron chi connectivity index (χ0n) is 32.6. The Morgan fingerprint density at radius 1 is 0.724 bits per heavy atom. The van der Waals surface area contributed by atoms with Crippen molar-refractivity contribution in [3.63, 3.8) is 0 Å². The summed E-state index contributed by atoms with van der Waals surface area (Å²) in [6.45, 7) is 4.45. The summed E-state index contributed by atoms with van der Waals surface area (Å²) in [5.41, 5.74) is 14.4. The van der Waals surface area contributed by atoms with Crippen molar-refractivity contribution in [1.29, 1.82) is 0 Å². The van der Waals surface area contributed by atoms with Crippen LogP contribution in [-0.4, -0.2) is 115 Å². The first kappa shape index (κ1) is 45.4. The molecule has 0 spiro atoms. The van der Waals surface area contributed by atoms with Crippen LogP contribution < -0.4 is 27.4 Å². The van der Waals surface area contributed by atoms with Crippen LogP contribution in [0.15, 0.2) is 58.9 Å². The first-order valence-corrected chi connectivity index (χ1v) is 19.8. The summed E-state index contributed by atoms with van der Waals surface area (Å²) in [4.78, 5) is 44.9. The van der Waals surface area contributed by atoms with Gasteiger partial charge in [0.2, 0.25) is 17.8 Å². The smallest absolute Gasteiger partial charge is 0.251 e. The molecule has 2 aromatic carbocycles. The van der Waals surface area contributed by atoms with Gasteiger partial charge in [-0.2, -0.15) is 15.2 Å². The highest BCUT2D eigenvalue weighted by Gasteiger charge is 2.09. The van der Waals surface area contributed by atoms with E-state index in [1.807, 2.05) is 0 Å². The second-order valence-electron chi connectivity index (χ2n) is 12.9. The Balaban J connectivity index is 0.964. The molecule has 7 N–H and O–H groups in total. The summed E-state index contributed by atoms with van der Waals surface area (Å²) >= 11 is 5.66.